The molecule has 1 saturated heterocycles. The summed E-state index contributed by atoms with van der Waals surface area (Å²) in [6, 6.07) is 10.3. The average Bonchev–Trinajstić information content (AvgIpc) is 2.90. The summed E-state index contributed by atoms with van der Waals surface area (Å²) in [6.45, 7) is 0.359. The molecule has 10 heteroatoms. The number of methoxy groups -OCH3 is 2. The second-order valence-electron chi connectivity index (χ2n) is 10.7. The number of halogens is 4. The molecule has 1 heterocycles. The maximum atomic E-state index is 14.1. The minimum absolute atomic E-state index is 0.0409. The molecule has 4 rings (SSSR count). The number of hydrogen-bond donors (Lipinski definition) is 1. The van der Waals surface area contributed by atoms with Crippen molar-refractivity contribution in [1.29, 1.82) is 0 Å². The molecule has 0 radical (unpaired) electrons. The van der Waals surface area contributed by atoms with Gasteiger partial charge in [-0.3, -0.25) is 4.79 Å². The fourth-order valence-corrected chi connectivity index (χ4v) is 6.31. The first kappa shape index (κ1) is 29.2. The molecule has 1 saturated carbocycles. The number of ether oxygens (including phenoxy) is 2. The van der Waals surface area contributed by atoms with Gasteiger partial charge in [0.05, 0.1) is 24.8 Å². The third-order valence-corrected chi connectivity index (χ3v) is 8.59. The maximum Gasteiger partial charge on any atom is 0.430 e. The molecule has 2 fully saturated rings. The largest absolute Gasteiger partial charge is 0.497 e. The Morgan fingerprint density at radius 1 is 1.10 bits per heavy atom. The SMILES string of the molecule is COC(=O)c1ccc(CCCC2CC3(CCN(C(=O)C(O)(c4cccc(OC)c4)C(F)(F)F)CC3)C2)cc1Cl. The molecule has 212 valence electrons. The molecule has 1 atom stereocenters. The number of carbonyl (C=O) groups excluding carboxylic acids is 2. The van der Waals surface area contributed by atoms with Gasteiger partial charge in [-0.1, -0.05) is 36.2 Å². The normalized spacial score (nSPS) is 18.8. The van der Waals surface area contributed by atoms with Crippen molar-refractivity contribution < 1.29 is 37.3 Å². The van der Waals surface area contributed by atoms with Gasteiger partial charge in [-0.25, -0.2) is 4.79 Å². The Hall–Kier alpha value is -2.78. The van der Waals surface area contributed by atoms with Crippen LogP contribution in [-0.4, -0.2) is 55.4 Å². The molecule has 6 nitrogen and oxygen atoms in total. The van der Waals surface area contributed by atoms with Crippen molar-refractivity contribution in [3.05, 3.63) is 64.2 Å². The molecule has 1 aliphatic carbocycles. The van der Waals surface area contributed by atoms with E-state index in [1.807, 2.05) is 6.07 Å². The number of benzene rings is 2. The predicted molar refractivity (Wildman–Crippen MR) is 140 cm³/mol. The number of amides is 1. The minimum Gasteiger partial charge on any atom is -0.497 e. The van der Waals surface area contributed by atoms with Crippen molar-refractivity contribution in [3.63, 3.8) is 0 Å². The molecule has 1 amide bonds. The quantitative estimate of drug-likeness (QED) is 0.400. The summed E-state index contributed by atoms with van der Waals surface area (Å²) < 4.78 is 52.0. The summed E-state index contributed by atoms with van der Waals surface area (Å²) in [6.07, 6.45) is 0.817. The molecule has 1 spiro atoms. The Balaban J connectivity index is 1.29. The van der Waals surface area contributed by atoms with E-state index in [2.05, 4.69) is 0 Å². The maximum absolute atomic E-state index is 14.1. The van der Waals surface area contributed by atoms with E-state index in [1.165, 1.54) is 26.4 Å². The van der Waals surface area contributed by atoms with Crippen molar-refractivity contribution >= 4 is 23.5 Å². The summed E-state index contributed by atoms with van der Waals surface area (Å²) in [7, 11) is 2.62. The number of alkyl halides is 3. The number of rotatable bonds is 8. The Morgan fingerprint density at radius 3 is 2.38 bits per heavy atom. The third-order valence-electron chi connectivity index (χ3n) is 8.28. The lowest BCUT2D eigenvalue weighted by molar-refractivity contribution is -0.262. The molecule has 1 aliphatic heterocycles. The van der Waals surface area contributed by atoms with Gasteiger partial charge in [-0.2, -0.15) is 13.2 Å². The van der Waals surface area contributed by atoms with E-state index in [0.717, 1.165) is 54.7 Å². The number of likely N-dealkylation sites (tertiary alicyclic amines) is 1. The van der Waals surface area contributed by atoms with Crippen molar-refractivity contribution in [3.8, 4) is 5.75 Å². The van der Waals surface area contributed by atoms with Gasteiger partial charge in [-0.15, -0.1) is 0 Å². The molecule has 1 unspecified atom stereocenters. The highest BCUT2D eigenvalue weighted by Gasteiger charge is 2.62. The zero-order valence-electron chi connectivity index (χ0n) is 22.0. The van der Waals surface area contributed by atoms with Gasteiger partial charge in [0.25, 0.3) is 11.5 Å². The number of piperidine rings is 1. The highest BCUT2D eigenvalue weighted by Crippen LogP contribution is 2.54. The Labute approximate surface area is 231 Å². The molecule has 2 aromatic rings. The lowest BCUT2D eigenvalue weighted by Gasteiger charge is -2.53. The molecule has 2 aliphatic rings. The van der Waals surface area contributed by atoms with E-state index in [4.69, 9.17) is 21.1 Å². The Bertz CT molecular complexity index is 1200. The van der Waals surface area contributed by atoms with Crippen LogP contribution in [0.25, 0.3) is 0 Å². The van der Waals surface area contributed by atoms with Crippen LogP contribution in [0.5, 0.6) is 5.75 Å². The van der Waals surface area contributed by atoms with Gasteiger partial charge in [-0.05, 0) is 79.7 Å². The number of hydrogen-bond acceptors (Lipinski definition) is 5. The second-order valence-corrected chi connectivity index (χ2v) is 11.1. The van der Waals surface area contributed by atoms with Crippen molar-refractivity contribution in [2.24, 2.45) is 11.3 Å². The van der Waals surface area contributed by atoms with Crippen LogP contribution < -0.4 is 4.74 Å². The van der Waals surface area contributed by atoms with E-state index < -0.39 is 29.2 Å². The minimum atomic E-state index is -5.18. The number of carbonyl (C=O) groups is 2. The van der Waals surface area contributed by atoms with E-state index in [1.54, 1.807) is 12.1 Å². The van der Waals surface area contributed by atoms with Crippen molar-refractivity contribution in [1.82, 2.24) is 4.90 Å². The first-order valence-corrected chi connectivity index (χ1v) is 13.4. The van der Waals surface area contributed by atoms with E-state index >= 15 is 0 Å². The van der Waals surface area contributed by atoms with Gasteiger partial charge in [0.15, 0.2) is 0 Å². The second kappa shape index (κ2) is 11.4. The smallest absolute Gasteiger partial charge is 0.430 e. The molecule has 2 aromatic carbocycles. The van der Waals surface area contributed by atoms with Gasteiger partial charge >= 0.3 is 12.1 Å². The standard InChI is InChI=1S/C29H33ClF3NO5/c1-38-22-8-4-7-21(16-22)28(37,29(31,32)33)26(36)34-13-11-27(12-14-34)17-20(18-27)6-3-5-19-9-10-23(24(30)15-19)25(35)39-2/h4,7-10,15-16,20,37H,3,5-6,11-14,17-18H2,1-2H3. The number of aryl methyl sites for hydroxylation is 1. The summed E-state index contributed by atoms with van der Waals surface area (Å²) in [5.41, 5.74) is -2.76. The summed E-state index contributed by atoms with van der Waals surface area (Å²) in [5.74, 6) is -1.16. The number of aliphatic hydroxyl groups is 1. The number of nitrogens with zero attached hydrogens (tertiary/aromatic N) is 1. The van der Waals surface area contributed by atoms with Crippen molar-refractivity contribution in [2.75, 3.05) is 27.3 Å². The first-order valence-electron chi connectivity index (χ1n) is 13.0. The summed E-state index contributed by atoms with van der Waals surface area (Å²) >= 11 is 6.20. The van der Waals surface area contributed by atoms with Gasteiger partial charge in [0, 0.05) is 18.7 Å². The summed E-state index contributed by atoms with van der Waals surface area (Å²) in [5, 5.41) is 11.1. The van der Waals surface area contributed by atoms with Crippen LogP contribution in [0.1, 0.15) is 60.0 Å². The van der Waals surface area contributed by atoms with Crippen LogP contribution >= 0.6 is 11.6 Å². The molecular weight excluding hydrogens is 535 g/mol. The highest BCUT2D eigenvalue weighted by atomic mass is 35.5. The van der Waals surface area contributed by atoms with E-state index in [9.17, 15) is 27.9 Å². The van der Waals surface area contributed by atoms with Crippen LogP contribution in [-0.2, 0) is 21.6 Å². The first-order chi connectivity index (χ1) is 18.4. The molecule has 0 bridgehead atoms. The van der Waals surface area contributed by atoms with E-state index in [0.29, 0.717) is 29.3 Å². The molecule has 1 N–H and O–H groups in total. The fourth-order valence-electron chi connectivity index (χ4n) is 6.03. The van der Waals surface area contributed by atoms with Gasteiger partial charge < -0.3 is 19.5 Å². The summed E-state index contributed by atoms with van der Waals surface area (Å²) in [4.78, 5) is 25.9. The highest BCUT2D eigenvalue weighted by molar-refractivity contribution is 6.33. The van der Waals surface area contributed by atoms with Crippen LogP contribution in [0.3, 0.4) is 0 Å². The zero-order valence-corrected chi connectivity index (χ0v) is 22.8. The Kier molecular flexibility index (Phi) is 8.52. The van der Waals surface area contributed by atoms with E-state index in [-0.39, 0.29) is 24.3 Å². The fraction of sp³-hybridized carbons (Fsp3) is 0.517. The average molecular weight is 568 g/mol. The number of esters is 1. The third kappa shape index (κ3) is 5.89. The van der Waals surface area contributed by atoms with Gasteiger partial charge in [0.2, 0.25) is 0 Å². The van der Waals surface area contributed by atoms with Crippen LogP contribution in [0, 0.1) is 11.3 Å². The van der Waals surface area contributed by atoms with Crippen LogP contribution in [0.4, 0.5) is 13.2 Å². The van der Waals surface area contributed by atoms with Crippen LogP contribution in [0.15, 0.2) is 42.5 Å². The zero-order chi connectivity index (χ0) is 28.4. The van der Waals surface area contributed by atoms with Gasteiger partial charge in [0.1, 0.15) is 5.75 Å². The molecular formula is C29H33ClF3NO5. The lowest BCUT2D eigenvalue weighted by atomic mass is 9.56. The topological polar surface area (TPSA) is 76.1 Å². The predicted octanol–water partition coefficient (Wildman–Crippen LogP) is 5.93. The Morgan fingerprint density at radius 2 is 1.79 bits per heavy atom. The molecule has 39 heavy (non-hydrogen) atoms. The monoisotopic (exact) mass is 567 g/mol. The lowest BCUT2D eigenvalue weighted by Crippen LogP contribution is -2.58. The van der Waals surface area contributed by atoms with Crippen LogP contribution in [0.2, 0.25) is 5.02 Å². The van der Waals surface area contributed by atoms with Crippen molar-refractivity contribution in [2.45, 2.75) is 56.7 Å². The molecule has 0 aromatic heterocycles.